The minimum atomic E-state index is -0.473. The molecule has 0 amide bonds. The number of nitrogens with zero attached hydrogens (tertiary/aromatic N) is 4. The number of benzene rings is 7. The summed E-state index contributed by atoms with van der Waals surface area (Å²) in [5.74, 6) is 0.874. The van der Waals surface area contributed by atoms with Crippen LogP contribution in [0.25, 0.3) is 38.8 Å². The number of fused-ring (bicyclic) bond motifs is 4. The van der Waals surface area contributed by atoms with Gasteiger partial charge < -0.3 is 14.4 Å². The zero-order chi connectivity index (χ0) is 52.9. The van der Waals surface area contributed by atoms with Gasteiger partial charge in [-0.1, -0.05) is 195 Å². The smallest absolute Gasteiger partial charge is 0.135 e. The van der Waals surface area contributed by atoms with Crippen LogP contribution in [0.1, 0.15) is 155 Å². The van der Waals surface area contributed by atoms with Crippen LogP contribution in [0.2, 0.25) is 0 Å². The number of hydrogen-bond acceptors (Lipinski definition) is 3. The second-order valence-corrected chi connectivity index (χ2v) is 26.1. The SMILES string of the molecule is CC(C)(C)c1cc(-c2ccc3c(c2)c2ccc(C(C)(C)c4[c-]c(N5[CH-]N(c6cc(C(C)(C)C)cc(C(C)(C)C)c6)c6ccccc65)ccc4)[c-]c2n3-c2cc(C(C)(C)c3ccccc3)ccn2)cc(C(C)(C)C)c1.[Pt]. The first-order valence-corrected chi connectivity index (χ1v) is 26.6. The standard InChI is InChI=1S/C70H75N4.Pt/c1-65(2,3)52-35-47(36-53(38-52)66(4,5)6)46-29-32-60-59(37-46)58-31-30-50(43-63(58)74(60)64-44-51(33-34-71-64)69(13,14)48-23-18-17-19-24-48)70(15,16)49-25-22-26-56(40-49)72-45-73(62-28-21-20-27-61(62)72)57-41-54(67(7,8)9)39-55(42-57)68(10,11)12;/h17-39,41-42,44-45H,1-16H3;/q-3;. The Morgan fingerprint density at radius 1 is 0.413 bits per heavy atom. The maximum absolute atomic E-state index is 5.16. The Balaban J connectivity index is 0.00000689. The molecule has 1 aliphatic rings. The number of para-hydroxylation sites is 2. The van der Waals surface area contributed by atoms with Gasteiger partial charge in [0.15, 0.2) is 0 Å². The summed E-state index contributed by atoms with van der Waals surface area (Å²) in [7, 11) is 0. The van der Waals surface area contributed by atoms with E-state index >= 15 is 0 Å². The van der Waals surface area contributed by atoms with Crippen molar-refractivity contribution in [1.29, 1.82) is 0 Å². The van der Waals surface area contributed by atoms with E-state index in [1.807, 2.05) is 6.20 Å². The molecule has 9 aromatic rings. The number of anilines is 4. The molecule has 0 bridgehead atoms. The van der Waals surface area contributed by atoms with Crippen LogP contribution in [-0.2, 0) is 53.6 Å². The van der Waals surface area contributed by atoms with Gasteiger partial charge in [0, 0.05) is 55.3 Å². The fourth-order valence-corrected chi connectivity index (χ4v) is 10.6. The van der Waals surface area contributed by atoms with E-state index in [9.17, 15) is 0 Å². The number of hydrogen-bond donors (Lipinski definition) is 0. The molecule has 0 N–H and O–H groups in total. The predicted octanol–water partition coefficient (Wildman–Crippen LogP) is 18.7. The predicted molar refractivity (Wildman–Crippen MR) is 315 cm³/mol. The van der Waals surface area contributed by atoms with Gasteiger partial charge in [-0.2, -0.15) is 53.6 Å². The molecule has 3 heterocycles. The molecule has 0 aliphatic carbocycles. The van der Waals surface area contributed by atoms with Crippen LogP contribution < -0.4 is 9.80 Å². The Morgan fingerprint density at radius 2 is 0.973 bits per heavy atom. The summed E-state index contributed by atoms with van der Waals surface area (Å²) < 4.78 is 2.34. The molecule has 1 aliphatic heterocycles. The summed E-state index contributed by atoms with van der Waals surface area (Å²) in [5.41, 5.74) is 18.2. The third-order valence-electron chi connectivity index (χ3n) is 15.8. The topological polar surface area (TPSA) is 24.3 Å². The molecular formula is C70H75N4Pt-3. The van der Waals surface area contributed by atoms with Crippen LogP contribution in [0.3, 0.4) is 0 Å². The number of pyridine rings is 1. The van der Waals surface area contributed by atoms with Crippen LogP contribution in [0.4, 0.5) is 22.7 Å². The Kier molecular flexibility index (Phi) is 13.7. The summed E-state index contributed by atoms with van der Waals surface area (Å²) in [4.78, 5) is 9.81. The monoisotopic (exact) mass is 1170 g/mol. The second-order valence-electron chi connectivity index (χ2n) is 26.1. The van der Waals surface area contributed by atoms with Gasteiger partial charge in [-0.05, 0) is 119 Å². The fourth-order valence-electron chi connectivity index (χ4n) is 10.6. The van der Waals surface area contributed by atoms with E-state index in [2.05, 4.69) is 296 Å². The van der Waals surface area contributed by atoms with E-state index in [1.54, 1.807) is 0 Å². The molecule has 0 radical (unpaired) electrons. The molecule has 7 aromatic carbocycles. The Hall–Kier alpha value is -6.22. The van der Waals surface area contributed by atoms with Crippen molar-refractivity contribution in [2.75, 3.05) is 9.80 Å². The van der Waals surface area contributed by atoms with Gasteiger partial charge in [0.2, 0.25) is 0 Å². The molecule has 0 spiro atoms. The largest absolute Gasteiger partial charge is 0.493 e. The average molecular weight is 1170 g/mol. The van der Waals surface area contributed by atoms with Crippen LogP contribution in [0.15, 0.2) is 158 Å². The van der Waals surface area contributed by atoms with Crippen molar-refractivity contribution in [2.24, 2.45) is 0 Å². The van der Waals surface area contributed by atoms with E-state index in [0.717, 1.165) is 56.1 Å². The zero-order valence-corrected chi connectivity index (χ0v) is 49.5. The average Bonchev–Trinajstić information content (AvgIpc) is 3.91. The fraction of sp³-hybridized carbons (Fsp3) is 0.314. The van der Waals surface area contributed by atoms with Crippen molar-refractivity contribution < 1.29 is 21.1 Å². The Morgan fingerprint density at radius 3 is 1.57 bits per heavy atom. The summed E-state index contributed by atoms with van der Waals surface area (Å²) in [6, 6.07) is 64.5. The molecule has 0 unspecified atom stereocenters. The quantitative estimate of drug-likeness (QED) is 0.142. The molecule has 0 saturated carbocycles. The van der Waals surface area contributed by atoms with Crippen molar-refractivity contribution in [3.05, 3.63) is 221 Å². The van der Waals surface area contributed by atoms with Crippen LogP contribution in [0.5, 0.6) is 0 Å². The van der Waals surface area contributed by atoms with Crippen molar-refractivity contribution in [3.8, 4) is 16.9 Å². The first kappa shape index (κ1) is 53.6. The second kappa shape index (κ2) is 19.1. The zero-order valence-electron chi connectivity index (χ0n) is 47.2. The van der Waals surface area contributed by atoms with Gasteiger partial charge in [-0.25, -0.2) is 4.98 Å². The maximum atomic E-state index is 5.16. The van der Waals surface area contributed by atoms with Gasteiger partial charge in [-0.15, -0.1) is 17.7 Å². The van der Waals surface area contributed by atoms with Crippen molar-refractivity contribution in [2.45, 2.75) is 143 Å². The van der Waals surface area contributed by atoms with Crippen LogP contribution >= 0.6 is 0 Å². The van der Waals surface area contributed by atoms with Crippen molar-refractivity contribution >= 4 is 44.6 Å². The third-order valence-corrected chi connectivity index (χ3v) is 15.8. The minimum Gasteiger partial charge on any atom is -0.493 e. The molecule has 4 nitrogen and oxygen atoms in total. The van der Waals surface area contributed by atoms with Crippen LogP contribution in [0, 0.1) is 18.8 Å². The number of aromatic nitrogens is 2. The molecular weight excluding hydrogens is 1090 g/mol. The molecule has 5 heteroatoms. The van der Waals surface area contributed by atoms with E-state index < -0.39 is 5.41 Å². The molecule has 10 rings (SSSR count). The van der Waals surface area contributed by atoms with Crippen LogP contribution in [-0.4, -0.2) is 9.55 Å². The normalized spacial score (nSPS) is 13.7. The first-order valence-electron chi connectivity index (χ1n) is 26.6. The summed E-state index contributed by atoms with van der Waals surface area (Å²) in [6.07, 6.45) is 1.97. The molecule has 75 heavy (non-hydrogen) atoms. The maximum Gasteiger partial charge on any atom is 0.135 e. The van der Waals surface area contributed by atoms with Gasteiger partial charge in [0.05, 0.1) is 0 Å². The van der Waals surface area contributed by atoms with Gasteiger partial charge in [-0.3, -0.25) is 0 Å². The van der Waals surface area contributed by atoms with Gasteiger partial charge in [0.1, 0.15) is 5.82 Å². The molecule has 0 saturated heterocycles. The summed E-state index contributed by atoms with van der Waals surface area (Å²) in [5, 5.41) is 2.32. The Bertz CT molecular complexity index is 3520. The first-order chi connectivity index (χ1) is 34.7. The Labute approximate surface area is 463 Å². The van der Waals surface area contributed by atoms with Crippen molar-refractivity contribution in [3.63, 3.8) is 0 Å². The number of rotatable bonds is 8. The summed E-state index contributed by atoms with van der Waals surface area (Å²) >= 11 is 0. The van der Waals surface area contributed by atoms with E-state index in [0.29, 0.717) is 0 Å². The molecule has 388 valence electrons. The molecule has 2 aromatic heterocycles. The molecule has 0 fully saturated rings. The van der Waals surface area contributed by atoms with Crippen molar-refractivity contribution in [1.82, 2.24) is 9.55 Å². The van der Waals surface area contributed by atoms with Gasteiger partial charge >= 0.3 is 0 Å². The molecule has 0 atom stereocenters. The van der Waals surface area contributed by atoms with E-state index in [4.69, 9.17) is 4.98 Å². The van der Waals surface area contributed by atoms with Gasteiger partial charge in [0.25, 0.3) is 0 Å². The van der Waals surface area contributed by atoms with E-state index in [-0.39, 0.29) is 48.1 Å². The minimum absolute atomic E-state index is 0. The van der Waals surface area contributed by atoms with E-state index in [1.165, 1.54) is 49.9 Å². The summed E-state index contributed by atoms with van der Waals surface area (Å²) in [6.45, 7) is 39.2. The third kappa shape index (κ3) is 10.1.